The van der Waals surface area contributed by atoms with Gasteiger partial charge in [0, 0.05) is 35.5 Å². The molecule has 3 aromatic rings. The van der Waals surface area contributed by atoms with E-state index in [0.29, 0.717) is 24.6 Å². The summed E-state index contributed by atoms with van der Waals surface area (Å²) >= 11 is 1.69. The first-order valence-electron chi connectivity index (χ1n) is 10.2. The zero-order chi connectivity index (χ0) is 20.9. The van der Waals surface area contributed by atoms with Crippen LogP contribution in [0.4, 0.5) is 0 Å². The van der Waals surface area contributed by atoms with Crippen molar-refractivity contribution in [2.24, 2.45) is 0 Å². The van der Waals surface area contributed by atoms with Gasteiger partial charge in [-0.3, -0.25) is 4.79 Å². The maximum Gasteiger partial charge on any atom is 0.255 e. The Kier molecular flexibility index (Phi) is 4.85. The predicted molar refractivity (Wildman–Crippen MR) is 113 cm³/mol. The lowest BCUT2D eigenvalue weighted by Gasteiger charge is -2.33. The molecule has 5 rings (SSSR count). The third kappa shape index (κ3) is 3.31. The summed E-state index contributed by atoms with van der Waals surface area (Å²) in [6, 6.07) is 0. The minimum absolute atomic E-state index is 0.0592. The molecule has 30 heavy (non-hydrogen) atoms. The number of rotatable bonds is 3. The Bertz CT molecular complexity index is 1230. The van der Waals surface area contributed by atoms with Gasteiger partial charge < -0.3 is 4.90 Å². The fourth-order valence-corrected chi connectivity index (χ4v) is 6.67. The average molecular weight is 446 g/mol. The molecule has 0 unspecified atom stereocenters. The second-order valence-corrected chi connectivity index (χ2v) is 11.0. The molecule has 1 saturated heterocycles. The molecule has 158 valence electrons. The van der Waals surface area contributed by atoms with Crippen molar-refractivity contribution in [3.8, 4) is 0 Å². The number of aromatic nitrogens is 4. The Morgan fingerprint density at radius 1 is 1.20 bits per heavy atom. The van der Waals surface area contributed by atoms with E-state index < -0.39 is 9.84 Å². The van der Waals surface area contributed by atoms with Crippen LogP contribution in [0, 0.1) is 0 Å². The maximum absolute atomic E-state index is 13.4. The van der Waals surface area contributed by atoms with Crippen molar-refractivity contribution in [1.82, 2.24) is 24.5 Å². The van der Waals surface area contributed by atoms with Crippen molar-refractivity contribution in [2.45, 2.75) is 49.3 Å². The van der Waals surface area contributed by atoms with Gasteiger partial charge in [0.05, 0.1) is 17.5 Å². The lowest BCUT2D eigenvalue weighted by Crippen LogP contribution is -2.40. The fourth-order valence-electron chi connectivity index (χ4n) is 4.67. The third-order valence-electron chi connectivity index (χ3n) is 6.09. The molecular weight excluding hydrogens is 422 g/mol. The van der Waals surface area contributed by atoms with Crippen LogP contribution in [0.25, 0.3) is 5.78 Å². The van der Waals surface area contributed by atoms with Crippen LogP contribution in [0.15, 0.2) is 22.8 Å². The summed E-state index contributed by atoms with van der Waals surface area (Å²) in [4.78, 5) is 25.0. The standard InChI is InChI=1S/C20H23N5O3S2/c1-30(27,28)17-9-21-20-22-12-23-25(20)18(17)13-5-4-8-24(10-13)19(26)15-11-29-16-7-3-2-6-14(15)16/h9,11-13H,2-8,10H2,1H3/t13-/m1/s1. The van der Waals surface area contributed by atoms with E-state index in [1.807, 2.05) is 10.3 Å². The number of hydrogen-bond acceptors (Lipinski definition) is 7. The van der Waals surface area contributed by atoms with E-state index >= 15 is 0 Å². The molecule has 4 heterocycles. The summed E-state index contributed by atoms with van der Waals surface area (Å²) in [5.41, 5.74) is 2.63. The van der Waals surface area contributed by atoms with Crippen LogP contribution < -0.4 is 0 Å². The Morgan fingerprint density at radius 3 is 2.87 bits per heavy atom. The van der Waals surface area contributed by atoms with E-state index in [4.69, 9.17) is 0 Å². The normalized spacial score (nSPS) is 19.8. The van der Waals surface area contributed by atoms with Gasteiger partial charge in [0.1, 0.15) is 11.2 Å². The predicted octanol–water partition coefficient (Wildman–Crippen LogP) is 2.49. The van der Waals surface area contributed by atoms with E-state index in [-0.39, 0.29) is 16.7 Å². The first-order chi connectivity index (χ1) is 14.4. The molecule has 0 bridgehead atoms. The number of carbonyl (C=O) groups excluding carboxylic acids is 1. The van der Waals surface area contributed by atoms with E-state index in [1.54, 1.807) is 11.3 Å². The maximum atomic E-state index is 13.4. The van der Waals surface area contributed by atoms with E-state index in [1.165, 1.54) is 40.2 Å². The van der Waals surface area contributed by atoms with Crippen LogP contribution in [0.5, 0.6) is 0 Å². The SMILES string of the molecule is CS(=O)(=O)c1cnc2ncnn2c1[C@@H]1CCCN(C(=O)c2csc3c2CCCC3)C1. The monoisotopic (exact) mass is 445 g/mol. The molecule has 0 N–H and O–H groups in total. The number of hydrogen-bond donors (Lipinski definition) is 0. The molecule has 1 aliphatic carbocycles. The number of aryl methyl sites for hydroxylation is 1. The molecule has 8 nitrogen and oxygen atoms in total. The van der Waals surface area contributed by atoms with Crippen molar-refractivity contribution < 1.29 is 13.2 Å². The first-order valence-corrected chi connectivity index (χ1v) is 13.0. The van der Waals surface area contributed by atoms with Crippen LogP contribution in [0.3, 0.4) is 0 Å². The lowest BCUT2D eigenvalue weighted by molar-refractivity contribution is 0.0703. The summed E-state index contributed by atoms with van der Waals surface area (Å²) in [5.74, 6) is 0.283. The van der Waals surface area contributed by atoms with Gasteiger partial charge in [-0.15, -0.1) is 11.3 Å². The summed E-state index contributed by atoms with van der Waals surface area (Å²) in [6.07, 6.45) is 9.88. The molecule has 0 spiro atoms. The summed E-state index contributed by atoms with van der Waals surface area (Å²) in [5, 5.41) is 6.23. The molecule has 0 radical (unpaired) electrons. The first kappa shape index (κ1) is 19.6. The third-order valence-corrected chi connectivity index (χ3v) is 8.30. The van der Waals surface area contributed by atoms with Crippen molar-refractivity contribution in [3.05, 3.63) is 39.6 Å². The number of fused-ring (bicyclic) bond motifs is 2. The molecule has 1 fully saturated rings. The van der Waals surface area contributed by atoms with Gasteiger partial charge in [0.25, 0.3) is 11.7 Å². The van der Waals surface area contributed by atoms with Crippen molar-refractivity contribution >= 4 is 32.9 Å². The quantitative estimate of drug-likeness (QED) is 0.614. The van der Waals surface area contributed by atoms with Gasteiger partial charge in [0.15, 0.2) is 9.84 Å². The van der Waals surface area contributed by atoms with E-state index in [2.05, 4.69) is 15.1 Å². The number of thiophene rings is 1. The second kappa shape index (κ2) is 7.42. The lowest BCUT2D eigenvalue weighted by atomic mass is 9.92. The zero-order valence-electron chi connectivity index (χ0n) is 16.7. The van der Waals surface area contributed by atoms with Crippen molar-refractivity contribution in [3.63, 3.8) is 0 Å². The highest BCUT2D eigenvalue weighted by atomic mass is 32.2. The highest BCUT2D eigenvalue weighted by Crippen LogP contribution is 2.34. The summed E-state index contributed by atoms with van der Waals surface area (Å²) < 4.78 is 26.4. The molecule has 3 aromatic heterocycles. The second-order valence-electron chi connectivity index (χ2n) is 8.10. The highest BCUT2D eigenvalue weighted by molar-refractivity contribution is 7.90. The fraction of sp³-hybridized carbons (Fsp3) is 0.500. The van der Waals surface area contributed by atoms with Gasteiger partial charge in [0.2, 0.25) is 0 Å². The Balaban J connectivity index is 1.50. The molecule has 0 aromatic carbocycles. The molecule has 2 aliphatic rings. The number of carbonyl (C=O) groups is 1. The van der Waals surface area contributed by atoms with Gasteiger partial charge in [-0.25, -0.2) is 13.4 Å². The van der Waals surface area contributed by atoms with Crippen LogP contribution in [-0.4, -0.2) is 58.2 Å². The Labute approximate surface area is 178 Å². The Morgan fingerprint density at radius 2 is 2.03 bits per heavy atom. The summed E-state index contributed by atoms with van der Waals surface area (Å²) in [6.45, 7) is 1.14. The molecule has 1 atom stereocenters. The van der Waals surface area contributed by atoms with Gasteiger partial charge in [-0.1, -0.05) is 0 Å². The minimum atomic E-state index is -3.50. The van der Waals surface area contributed by atoms with Crippen LogP contribution in [0.1, 0.15) is 58.1 Å². The molecule has 0 saturated carbocycles. The average Bonchev–Trinajstić information content (AvgIpc) is 3.39. The molecular formula is C20H23N5O3S2. The Hall–Kier alpha value is -2.33. The summed E-state index contributed by atoms with van der Waals surface area (Å²) in [7, 11) is -3.50. The number of nitrogens with zero attached hydrogens (tertiary/aromatic N) is 5. The topological polar surface area (TPSA) is 97.5 Å². The molecule has 1 aliphatic heterocycles. The molecule has 1 amide bonds. The van der Waals surface area contributed by atoms with Crippen LogP contribution in [0.2, 0.25) is 0 Å². The number of sulfone groups is 1. The van der Waals surface area contributed by atoms with Crippen molar-refractivity contribution in [1.29, 1.82) is 0 Å². The van der Waals surface area contributed by atoms with Crippen molar-refractivity contribution in [2.75, 3.05) is 19.3 Å². The van der Waals surface area contributed by atoms with E-state index in [0.717, 1.165) is 37.7 Å². The largest absolute Gasteiger partial charge is 0.338 e. The van der Waals surface area contributed by atoms with E-state index in [9.17, 15) is 13.2 Å². The number of amides is 1. The van der Waals surface area contributed by atoms with Crippen LogP contribution in [-0.2, 0) is 22.7 Å². The van der Waals surface area contributed by atoms with Gasteiger partial charge in [-0.2, -0.15) is 14.6 Å². The zero-order valence-corrected chi connectivity index (χ0v) is 18.4. The smallest absolute Gasteiger partial charge is 0.255 e. The highest BCUT2D eigenvalue weighted by Gasteiger charge is 2.33. The van der Waals surface area contributed by atoms with Gasteiger partial charge in [-0.05, 0) is 44.1 Å². The molecule has 10 heteroatoms. The van der Waals surface area contributed by atoms with Gasteiger partial charge >= 0.3 is 0 Å². The minimum Gasteiger partial charge on any atom is -0.338 e. The number of piperidine rings is 1. The van der Waals surface area contributed by atoms with Crippen LogP contribution >= 0.6 is 11.3 Å². The number of likely N-dealkylation sites (tertiary alicyclic amines) is 1.